The van der Waals surface area contributed by atoms with Gasteiger partial charge in [0, 0.05) is 20.0 Å². The van der Waals surface area contributed by atoms with Gasteiger partial charge in [-0.3, -0.25) is 9.59 Å². The molecule has 26 heavy (non-hydrogen) atoms. The fourth-order valence-corrected chi connectivity index (χ4v) is 3.50. The van der Waals surface area contributed by atoms with Gasteiger partial charge in [-0.15, -0.1) is 0 Å². The first-order valence-electron chi connectivity index (χ1n) is 9.27. The van der Waals surface area contributed by atoms with E-state index >= 15 is 0 Å². The van der Waals surface area contributed by atoms with Crippen molar-refractivity contribution in [1.82, 2.24) is 9.80 Å². The molecule has 0 saturated carbocycles. The minimum Gasteiger partial charge on any atom is -0.335 e. The van der Waals surface area contributed by atoms with Crippen molar-refractivity contribution in [3.63, 3.8) is 0 Å². The molecule has 2 aromatic rings. The molecule has 0 spiro atoms. The van der Waals surface area contributed by atoms with E-state index < -0.39 is 0 Å². The lowest BCUT2D eigenvalue weighted by atomic mass is 10.0. The van der Waals surface area contributed by atoms with E-state index in [2.05, 4.69) is 12.1 Å². The minimum absolute atomic E-state index is 0.0384. The highest BCUT2D eigenvalue weighted by atomic mass is 16.2. The summed E-state index contributed by atoms with van der Waals surface area (Å²) in [5.74, 6) is 0.0873. The van der Waals surface area contributed by atoms with Gasteiger partial charge in [-0.1, -0.05) is 60.7 Å². The molecule has 4 nitrogen and oxygen atoms in total. The number of piperazine rings is 1. The number of unbranched alkanes of at least 4 members (excludes halogenated alkanes) is 1. The molecule has 3 rings (SSSR count). The number of hydrogen-bond donors (Lipinski definition) is 0. The normalized spacial score (nSPS) is 17.7. The molecule has 0 N–H and O–H groups in total. The summed E-state index contributed by atoms with van der Waals surface area (Å²) >= 11 is 0. The standard InChI is InChI=1S/C22H26N2O2/c1-23-17-21(25)24(15-9-8-12-18-10-4-2-5-11-18)20(22(23)26)16-19-13-6-3-7-14-19/h2-7,10-11,13-14,20H,8-9,12,15-17H2,1H3/t20-/m1/s1. The smallest absolute Gasteiger partial charge is 0.245 e. The van der Waals surface area contributed by atoms with Crippen LogP contribution < -0.4 is 0 Å². The summed E-state index contributed by atoms with van der Waals surface area (Å²) in [7, 11) is 1.71. The van der Waals surface area contributed by atoms with Gasteiger partial charge in [0.2, 0.25) is 11.8 Å². The maximum Gasteiger partial charge on any atom is 0.245 e. The van der Waals surface area contributed by atoms with Crippen molar-refractivity contribution in [2.45, 2.75) is 31.7 Å². The van der Waals surface area contributed by atoms with Gasteiger partial charge in [-0.25, -0.2) is 0 Å². The number of amides is 2. The molecule has 1 heterocycles. The quantitative estimate of drug-likeness (QED) is 0.721. The number of benzene rings is 2. The molecule has 0 unspecified atom stereocenters. The van der Waals surface area contributed by atoms with Gasteiger partial charge in [0.15, 0.2) is 0 Å². The number of carbonyl (C=O) groups excluding carboxylic acids is 2. The zero-order valence-corrected chi connectivity index (χ0v) is 15.3. The molecule has 1 atom stereocenters. The summed E-state index contributed by atoms with van der Waals surface area (Å²) in [6.07, 6.45) is 3.49. The average Bonchev–Trinajstić information content (AvgIpc) is 2.66. The van der Waals surface area contributed by atoms with Crippen LogP contribution in [0.15, 0.2) is 60.7 Å². The van der Waals surface area contributed by atoms with Crippen LogP contribution in [0.1, 0.15) is 24.0 Å². The van der Waals surface area contributed by atoms with Crippen LogP contribution in [0.4, 0.5) is 0 Å². The second-order valence-electron chi connectivity index (χ2n) is 6.93. The summed E-state index contributed by atoms with van der Waals surface area (Å²) in [5.41, 5.74) is 2.40. The lowest BCUT2D eigenvalue weighted by molar-refractivity contribution is -0.154. The van der Waals surface area contributed by atoms with Gasteiger partial charge in [-0.05, 0) is 30.4 Å². The van der Waals surface area contributed by atoms with Crippen LogP contribution in [0, 0.1) is 0 Å². The van der Waals surface area contributed by atoms with E-state index in [9.17, 15) is 9.59 Å². The number of likely N-dealkylation sites (N-methyl/N-ethyl adjacent to an activating group) is 1. The van der Waals surface area contributed by atoms with Gasteiger partial charge in [0.05, 0.1) is 6.54 Å². The SMILES string of the molecule is CN1CC(=O)N(CCCCc2ccccc2)[C@H](Cc2ccccc2)C1=O. The molecule has 1 aliphatic heterocycles. The van der Waals surface area contributed by atoms with E-state index in [-0.39, 0.29) is 24.4 Å². The Bertz CT molecular complexity index is 730. The van der Waals surface area contributed by atoms with Crippen LogP contribution >= 0.6 is 0 Å². The highest BCUT2D eigenvalue weighted by molar-refractivity contribution is 5.94. The van der Waals surface area contributed by atoms with E-state index in [1.165, 1.54) is 5.56 Å². The first-order chi connectivity index (χ1) is 12.6. The predicted octanol–water partition coefficient (Wildman–Crippen LogP) is 2.92. The fourth-order valence-electron chi connectivity index (χ4n) is 3.50. The van der Waals surface area contributed by atoms with Crippen molar-refractivity contribution < 1.29 is 9.59 Å². The van der Waals surface area contributed by atoms with Crippen LogP contribution in [-0.2, 0) is 22.4 Å². The van der Waals surface area contributed by atoms with E-state index in [0.29, 0.717) is 13.0 Å². The summed E-state index contributed by atoms with van der Waals surface area (Å²) in [6, 6.07) is 19.9. The molecule has 0 aromatic heterocycles. The molecule has 0 bridgehead atoms. The summed E-state index contributed by atoms with van der Waals surface area (Å²) < 4.78 is 0. The zero-order valence-electron chi connectivity index (χ0n) is 15.3. The molecule has 136 valence electrons. The Kier molecular flexibility index (Phi) is 6.05. The molecule has 4 heteroatoms. The molecular weight excluding hydrogens is 324 g/mol. The van der Waals surface area contributed by atoms with Crippen molar-refractivity contribution in [3.05, 3.63) is 71.8 Å². The van der Waals surface area contributed by atoms with Crippen molar-refractivity contribution in [1.29, 1.82) is 0 Å². The average molecular weight is 350 g/mol. The van der Waals surface area contributed by atoms with Crippen molar-refractivity contribution in [3.8, 4) is 0 Å². The largest absolute Gasteiger partial charge is 0.335 e. The van der Waals surface area contributed by atoms with Gasteiger partial charge in [0.25, 0.3) is 0 Å². The molecule has 0 aliphatic carbocycles. The Balaban J connectivity index is 1.61. The summed E-state index contributed by atoms with van der Waals surface area (Å²) in [5, 5.41) is 0. The van der Waals surface area contributed by atoms with E-state index in [0.717, 1.165) is 24.8 Å². The minimum atomic E-state index is -0.389. The highest BCUT2D eigenvalue weighted by Gasteiger charge is 2.37. The van der Waals surface area contributed by atoms with E-state index in [1.807, 2.05) is 48.5 Å². The Morgan fingerprint density at radius 1 is 0.885 bits per heavy atom. The molecule has 1 aliphatic rings. The third-order valence-corrected chi connectivity index (χ3v) is 4.96. The maximum absolute atomic E-state index is 12.7. The first kappa shape index (κ1) is 18.2. The topological polar surface area (TPSA) is 40.6 Å². The Morgan fingerprint density at radius 3 is 2.15 bits per heavy atom. The molecule has 2 aromatic carbocycles. The fraction of sp³-hybridized carbons (Fsp3) is 0.364. The zero-order chi connectivity index (χ0) is 18.4. The van der Waals surface area contributed by atoms with Crippen molar-refractivity contribution in [2.24, 2.45) is 0 Å². The lowest BCUT2D eigenvalue weighted by Crippen LogP contribution is -2.59. The number of nitrogens with zero attached hydrogens (tertiary/aromatic N) is 2. The van der Waals surface area contributed by atoms with Crippen molar-refractivity contribution >= 4 is 11.8 Å². The number of hydrogen-bond acceptors (Lipinski definition) is 2. The third-order valence-electron chi connectivity index (χ3n) is 4.96. The van der Waals surface area contributed by atoms with E-state index in [4.69, 9.17) is 0 Å². The van der Waals surface area contributed by atoms with E-state index in [1.54, 1.807) is 16.8 Å². The predicted molar refractivity (Wildman–Crippen MR) is 103 cm³/mol. The Labute approximate surface area is 155 Å². The van der Waals surface area contributed by atoms with Crippen LogP contribution in [0.3, 0.4) is 0 Å². The number of carbonyl (C=O) groups is 2. The van der Waals surface area contributed by atoms with Crippen LogP contribution in [0.5, 0.6) is 0 Å². The van der Waals surface area contributed by atoms with Crippen molar-refractivity contribution in [2.75, 3.05) is 20.1 Å². The number of aryl methyl sites for hydroxylation is 1. The summed E-state index contributed by atoms with van der Waals surface area (Å²) in [6.45, 7) is 0.825. The third kappa shape index (κ3) is 4.51. The molecule has 1 fully saturated rings. The monoisotopic (exact) mass is 350 g/mol. The first-order valence-corrected chi connectivity index (χ1v) is 9.27. The molecule has 0 radical (unpaired) electrons. The second-order valence-corrected chi connectivity index (χ2v) is 6.93. The number of rotatable bonds is 7. The maximum atomic E-state index is 12.7. The van der Waals surface area contributed by atoms with Gasteiger partial charge in [-0.2, -0.15) is 0 Å². The van der Waals surface area contributed by atoms with Gasteiger partial charge in [0.1, 0.15) is 6.04 Å². The highest BCUT2D eigenvalue weighted by Crippen LogP contribution is 2.18. The second kappa shape index (κ2) is 8.65. The molecule has 2 amide bonds. The molecular formula is C22H26N2O2. The summed E-state index contributed by atoms with van der Waals surface area (Å²) in [4.78, 5) is 28.6. The van der Waals surface area contributed by atoms with Crippen LogP contribution in [-0.4, -0.2) is 47.8 Å². The van der Waals surface area contributed by atoms with Gasteiger partial charge >= 0.3 is 0 Å². The Morgan fingerprint density at radius 2 is 1.50 bits per heavy atom. The van der Waals surface area contributed by atoms with Gasteiger partial charge < -0.3 is 9.80 Å². The molecule has 1 saturated heterocycles. The van der Waals surface area contributed by atoms with Crippen LogP contribution in [0.2, 0.25) is 0 Å². The Hall–Kier alpha value is -2.62. The lowest BCUT2D eigenvalue weighted by Gasteiger charge is -2.39. The van der Waals surface area contributed by atoms with Crippen LogP contribution in [0.25, 0.3) is 0 Å².